The van der Waals surface area contributed by atoms with Gasteiger partial charge in [0.15, 0.2) is 0 Å². The highest BCUT2D eigenvalue weighted by Gasteiger charge is 2.38. The Labute approximate surface area is 333 Å². The molecule has 1 aliphatic rings. The molecule has 4 atom stereocenters. The molecule has 300 valence electrons. The number of nitrogens with one attached hydrogen (secondary N) is 3. The van der Waals surface area contributed by atoms with Crippen molar-refractivity contribution in [1.82, 2.24) is 20.9 Å². The van der Waals surface area contributed by atoms with E-state index in [9.17, 15) is 29.1 Å². The number of phenolic OH excluding ortho intramolecular Hbond substituents is 1. The number of aromatic hydroxyl groups is 1. The molecule has 5 rings (SSSR count). The number of hydrogen-bond acceptors (Lipinski definition) is 8. The Bertz CT molecular complexity index is 2000. The Kier molecular flexibility index (Phi) is 14.8. The van der Waals surface area contributed by atoms with Gasteiger partial charge in [0.25, 0.3) is 0 Å². The van der Waals surface area contributed by atoms with Crippen LogP contribution >= 0.6 is 0 Å². The summed E-state index contributed by atoms with van der Waals surface area (Å²) in [5.41, 5.74) is 18.1. The largest absolute Gasteiger partial charge is 0.508 e. The van der Waals surface area contributed by atoms with Crippen molar-refractivity contribution in [2.45, 2.75) is 89.7 Å². The maximum atomic E-state index is 14.3. The third-order valence-corrected chi connectivity index (χ3v) is 10.2. The third kappa shape index (κ3) is 11.9. The topological polar surface area (TPSA) is 206 Å². The molecule has 8 N–H and O–H groups in total. The predicted molar refractivity (Wildman–Crippen MR) is 215 cm³/mol. The van der Waals surface area contributed by atoms with Gasteiger partial charge in [-0.25, -0.2) is 4.79 Å². The van der Waals surface area contributed by atoms with Crippen LogP contribution in [0.1, 0.15) is 58.2 Å². The first-order valence-corrected chi connectivity index (χ1v) is 19.2. The summed E-state index contributed by atoms with van der Waals surface area (Å²) < 4.78 is 5.23. The summed E-state index contributed by atoms with van der Waals surface area (Å²) in [6.07, 6.45) is 1.09. The van der Waals surface area contributed by atoms with Crippen molar-refractivity contribution in [2.75, 3.05) is 6.54 Å². The van der Waals surface area contributed by atoms with Crippen LogP contribution in [0.25, 0.3) is 0 Å². The summed E-state index contributed by atoms with van der Waals surface area (Å²) in [5, 5.41) is 18.3. The minimum absolute atomic E-state index is 0.106. The van der Waals surface area contributed by atoms with Crippen molar-refractivity contribution in [3.8, 4) is 5.75 Å². The van der Waals surface area contributed by atoms with E-state index in [4.69, 9.17) is 16.2 Å². The van der Waals surface area contributed by atoms with Gasteiger partial charge in [-0.3, -0.25) is 19.2 Å². The number of unbranched alkanes of at least 4 members (excludes halogenated alkanes) is 1. The fourth-order valence-corrected chi connectivity index (χ4v) is 7.12. The SMILES string of the molecule is Cc1cc(O)cc(C)c1C[C@H](N)C(=O)N1Cc2ccccc2C[C@H]1C(=O)N[C@@H](Cc1ccccc1)C(=O)N[C@@H](CCCCNC(=O)OCc1ccccc1)C(N)=O. The lowest BCUT2D eigenvalue weighted by atomic mass is 9.91. The van der Waals surface area contributed by atoms with E-state index < -0.39 is 53.9 Å². The first-order valence-electron chi connectivity index (χ1n) is 19.2. The molecule has 0 aromatic heterocycles. The van der Waals surface area contributed by atoms with E-state index in [0.717, 1.165) is 38.9 Å². The lowest BCUT2D eigenvalue weighted by Gasteiger charge is -2.38. The second kappa shape index (κ2) is 20.1. The lowest BCUT2D eigenvalue weighted by molar-refractivity contribution is -0.143. The van der Waals surface area contributed by atoms with Crippen LogP contribution in [0.2, 0.25) is 0 Å². The molecule has 0 saturated carbocycles. The Morgan fingerprint density at radius 1 is 0.807 bits per heavy atom. The summed E-state index contributed by atoms with van der Waals surface area (Å²) >= 11 is 0. The summed E-state index contributed by atoms with van der Waals surface area (Å²) in [6.45, 7) is 4.26. The van der Waals surface area contributed by atoms with Crippen molar-refractivity contribution in [3.63, 3.8) is 0 Å². The van der Waals surface area contributed by atoms with Gasteiger partial charge in [-0.2, -0.15) is 0 Å². The van der Waals surface area contributed by atoms with Gasteiger partial charge in [0.2, 0.25) is 23.6 Å². The number of aryl methyl sites for hydroxylation is 2. The van der Waals surface area contributed by atoms with Crippen LogP contribution < -0.4 is 27.4 Å². The van der Waals surface area contributed by atoms with Gasteiger partial charge in [0, 0.05) is 25.9 Å². The van der Waals surface area contributed by atoms with Crippen molar-refractivity contribution in [3.05, 3.63) is 136 Å². The normalized spacial score (nSPS) is 15.0. The molecule has 0 spiro atoms. The average molecular weight is 777 g/mol. The van der Waals surface area contributed by atoms with Crippen LogP contribution in [0.3, 0.4) is 0 Å². The number of amides is 5. The van der Waals surface area contributed by atoms with E-state index in [0.29, 0.717) is 12.8 Å². The van der Waals surface area contributed by atoms with Crippen LogP contribution in [-0.4, -0.2) is 70.4 Å². The molecule has 0 fully saturated rings. The van der Waals surface area contributed by atoms with E-state index in [-0.39, 0.29) is 51.1 Å². The van der Waals surface area contributed by atoms with Crippen molar-refractivity contribution in [1.29, 1.82) is 0 Å². The first-order chi connectivity index (χ1) is 27.4. The molecule has 0 bridgehead atoms. The van der Waals surface area contributed by atoms with Crippen LogP contribution in [0.5, 0.6) is 5.75 Å². The zero-order valence-corrected chi connectivity index (χ0v) is 32.4. The highest BCUT2D eigenvalue weighted by molar-refractivity contribution is 5.95. The number of benzene rings is 4. The molecule has 57 heavy (non-hydrogen) atoms. The Balaban J connectivity index is 1.25. The van der Waals surface area contributed by atoms with Crippen LogP contribution in [0.4, 0.5) is 4.79 Å². The van der Waals surface area contributed by atoms with E-state index in [2.05, 4.69) is 16.0 Å². The first kappa shape index (κ1) is 41.9. The molecule has 1 heterocycles. The molecule has 13 nitrogen and oxygen atoms in total. The van der Waals surface area contributed by atoms with Gasteiger partial charge in [0.05, 0.1) is 6.04 Å². The minimum atomic E-state index is -1.12. The second-order valence-corrected chi connectivity index (χ2v) is 14.5. The van der Waals surface area contributed by atoms with Gasteiger partial charge in [-0.05, 0) is 90.6 Å². The number of rotatable bonds is 17. The molecule has 0 radical (unpaired) electrons. The van der Waals surface area contributed by atoms with Gasteiger partial charge < -0.3 is 42.2 Å². The average Bonchev–Trinajstić information content (AvgIpc) is 3.20. The minimum Gasteiger partial charge on any atom is -0.508 e. The molecule has 13 heteroatoms. The Morgan fingerprint density at radius 3 is 2.07 bits per heavy atom. The smallest absolute Gasteiger partial charge is 0.407 e. The highest BCUT2D eigenvalue weighted by Crippen LogP contribution is 2.26. The number of nitrogens with zero attached hydrogens (tertiary/aromatic N) is 1. The molecule has 4 aromatic rings. The zero-order chi connectivity index (χ0) is 40.9. The maximum absolute atomic E-state index is 14.3. The summed E-state index contributed by atoms with van der Waals surface area (Å²) in [5.74, 6) is -2.19. The van der Waals surface area contributed by atoms with Crippen molar-refractivity contribution >= 4 is 29.7 Å². The Morgan fingerprint density at radius 2 is 1.42 bits per heavy atom. The summed E-state index contributed by atoms with van der Waals surface area (Å²) in [4.78, 5) is 68.5. The number of ether oxygens (including phenoxy) is 1. The van der Waals surface area contributed by atoms with Gasteiger partial charge in [-0.1, -0.05) is 84.9 Å². The number of carbonyl (C=O) groups excluding carboxylic acids is 5. The molecule has 1 aliphatic heterocycles. The number of fused-ring (bicyclic) bond motifs is 1. The maximum Gasteiger partial charge on any atom is 0.407 e. The van der Waals surface area contributed by atoms with E-state index in [1.54, 1.807) is 12.1 Å². The molecule has 4 aromatic carbocycles. The van der Waals surface area contributed by atoms with E-state index >= 15 is 0 Å². The monoisotopic (exact) mass is 776 g/mol. The Hall–Kier alpha value is -6.21. The van der Waals surface area contributed by atoms with Crippen molar-refractivity contribution < 1.29 is 33.8 Å². The number of alkyl carbamates (subject to hydrolysis) is 1. The van der Waals surface area contributed by atoms with Gasteiger partial charge >= 0.3 is 6.09 Å². The third-order valence-electron chi connectivity index (χ3n) is 10.2. The predicted octanol–water partition coefficient (Wildman–Crippen LogP) is 3.63. The van der Waals surface area contributed by atoms with E-state index in [1.165, 1.54) is 4.90 Å². The summed E-state index contributed by atoms with van der Waals surface area (Å²) in [6, 6.07) is 25.1. The lowest BCUT2D eigenvalue weighted by Crippen LogP contribution is -2.60. The van der Waals surface area contributed by atoms with Gasteiger partial charge in [-0.15, -0.1) is 0 Å². The second-order valence-electron chi connectivity index (χ2n) is 14.5. The molecule has 5 amide bonds. The molecule has 0 unspecified atom stereocenters. The fraction of sp³-hybridized carbons (Fsp3) is 0.341. The molecular weight excluding hydrogens is 725 g/mol. The van der Waals surface area contributed by atoms with Gasteiger partial charge in [0.1, 0.15) is 30.5 Å². The zero-order valence-electron chi connectivity index (χ0n) is 32.4. The molecular formula is C44H52N6O7. The number of phenols is 1. The molecule has 0 saturated heterocycles. The quantitative estimate of drug-likeness (QED) is 0.0872. The molecule has 0 aliphatic carbocycles. The van der Waals surface area contributed by atoms with Crippen LogP contribution in [0.15, 0.2) is 97.1 Å². The summed E-state index contributed by atoms with van der Waals surface area (Å²) in [7, 11) is 0. The highest BCUT2D eigenvalue weighted by atomic mass is 16.5. The van der Waals surface area contributed by atoms with Crippen LogP contribution in [0, 0.1) is 13.8 Å². The number of primary amides is 1. The van der Waals surface area contributed by atoms with E-state index in [1.807, 2.05) is 98.8 Å². The van der Waals surface area contributed by atoms with Crippen molar-refractivity contribution in [2.24, 2.45) is 11.5 Å². The number of hydrogen-bond donors (Lipinski definition) is 6. The number of carbonyl (C=O) groups is 5. The number of nitrogens with two attached hydrogens (primary N) is 2. The standard InChI is InChI=1S/C44H52N6O7/c1-28-21-34(51)22-29(2)35(28)25-36(45)43(55)50-26-33-18-10-9-17-32(33)24-39(50)42(54)49-38(23-30-13-5-3-6-14-30)41(53)48-37(40(46)52)19-11-12-20-47-44(56)57-27-31-15-7-4-8-16-31/h3-10,13-18,21-22,36-39,51H,11-12,19-20,23-27,45H2,1-2H3,(H2,46,52)(H,47,56)(H,48,53)(H,49,54)/t36-,37-,38-,39-/m0/s1. The van der Waals surface area contributed by atoms with Crippen LogP contribution in [-0.2, 0) is 56.3 Å². The fourth-order valence-electron chi connectivity index (χ4n) is 7.12.